The highest BCUT2D eigenvalue weighted by Gasteiger charge is 2.17. The first-order chi connectivity index (χ1) is 15.8. The van der Waals surface area contributed by atoms with Gasteiger partial charge in [-0.25, -0.2) is 9.67 Å². The zero-order valence-electron chi connectivity index (χ0n) is 19.5. The maximum absolute atomic E-state index is 13.2. The molecule has 7 heteroatoms. The molecule has 3 aromatic rings. The van der Waals surface area contributed by atoms with E-state index in [1.165, 1.54) is 24.3 Å². The molecule has 3 N–H and O–H groups in total. The molecule has 0 aliphatic carbocycles. The molecule has 33 heavy (non-hydrogen) atoms. The minimum absolute atomic E-state index is 0.174. The van der Waals surface area contributed by atoms with E-state index in [2.05, 4.69) is 53.0 Å². The predicted molar refractivity (Wildman–Crippen MR) is 134 cm³/mol. The molecule has 1 unspecified atom stereocenters. The van der Waals surface area contributed by atoms with Gasteiger partial charge >= 0.3 is 0 Å². The molecule has 0 aliphatic heterocycles. The fourth-order valence-electron chi connectivity index (χ4n) is 3.41. The van der Waals surface area contributed by atoms with Crippen LogP contribution in [0.3, 0.4) is 0 Å². The van der Waals surface area contributed by atoms with Crippen LogP contribution in [0.15, 0.2) is 78.3 Å². The second-order valence-corrected chi connectivity index (χ2v) is 8.12. The predicted octanol–water partition coefficient (Wildman–Crippen LogP) is 4.54. The summed E-state index contributed by atoms with van der Waals surface area (Å²) in [5.74, 6) is 0.757. The first-order valence-corrected chi connectivity index (χ1v) is 10.8. The summed E-state index contributed by atoms with van der Waals surface area (Å²) >= 11 is 0. The summed E-state index contributed by atoms with van der Waals surface area (Å²) < 4.78 is 1.78. The van der Waals surface area contributed by atoms with Crippen LogP contribution in [-0.2, 0) is 0 Å². The molecule has 0 saturated carbocycles. The molecular formula is C26H30N6O. The van der Waals surface area contributed by atoms with Crippen LogP contribution < -0.4 is 11.1 Å². The molecule has 1 atom stereocenters. The Morgan fingerprint density at radius 3 is 2.52 bits per heavy atom. The highest BCUT2D eigenvalue weighted by Crippen LogP contribution is 2.26. The SMILES string of the molecule is C=C/C=N\C(=C/N)C(C)NC(=O)c1cc(-c2ccc(C)cc2)cc(-n2ncnc2C(C)C)c1. The Kier molecular flexibility index (Phi) is 7.56. The molecule has 0 radical (unpaired) electrons. The third-order valence-corrected chi connectivity index (χ3v) is 5.19. The molecule has 0 spiro atoms. The molecule has 170 valence electrons. The maximum Gasteiger partial charge on any atom is 0.251 e. The Morgan fingerprint density at radius 2 is 1.88 bits per heavy atom. The van der Waals surface area contributed by atoms with Gasteiger partial charge in [0.15, 0.2) is 0 Å². The lowest BCUT2D eigenvalue weighted by Crippen LogP contribution is -2.34. The van der Waals surface area contributed by atoms with E-state index in [9.17, 15) is 4.79 Å². The summed E-state index contributed by atoms with van der Waals surface area (Å²) in [6.45, 7) is 11.6. The van der Waals surface area contributed by atoms with Crippen LogP contribution in [0.5, 0.6) is 0 Å². The smallest absolute Gasteiger partial charge is 0.251 e. The van der Waals surface area contributed by atoms with Crippen LogP contribution in [0, 0.1) is 6.92 Å². The number of nitrogens with two attached hydrogens (primary N) is 1. The molecular weight excluding hydrogens is 412 g/mol. The Bertz CT molecular complexity index is 1190. The van der Waals surface area contributed by atoms with Gasteiger partial charge in [-0.3, -0.25) is 9.79 Å². The summed E-state index contributed by atoms with van der Waals surface area (Å²) in [5.41, 5.74) is 10.6. The van der Waals surface area contributed by atoms with E-state index >= 15 is 0 Å². The van der Waals surface area contributed by atoms with Crippen molar-refractivity contribution in [2.75, 3.05) is 0 Å². The zero-order valence-corrected chi connectivity index (χ0v) is 19.5. The van der Waals surface area contributed by atoms with Gasteiger partial charge in [-0.15, -0.1) is 0 Å². The fraction of sp³-hybridized carbons (Fsp3) is 0.231. The number of aliphatic imine (C=N–C) groups is 1. The molecule has 2 aromatic carbocycles. The van der Waals surface area contributed by atoms with E-state index in [4.69, 9.17) is 5.73 Å². The second-order valence-electron chi connectivity index (χ2n) is 8.12. The van der Waals surface area contributed by atoms with Gasteiger partial charge < -0.3 is 11.1 Å². The van der Waals surface area contributed by atoms with Crippen LogP contribution >= 0.6 is 0 Å². The number of nitrogens with zero attached hydrogens (tertiary/aromatic N) is 4. The van der Waals surface area contributed by atoms with Crippen LogP contribution in [0.2, 0.25) is 0 Å². The Morgan fingerprint density at radius 1 is 1.15 bits per heavy atom. The van der Waals surface area contributed by atoms with Crippen molar-refractivity contribution >= 4 is 12.1 Å². The van der Waals surface area contributed by atoms with Crippen molar-refractivity contribution in [2.45, 2.75) is 39.7 Å². The van der Waals surface area contributed by atoms with E-state index in [1.807, 2.05) is 44.2 Å². The topological polar surface area (TPSA) is 98.2 Å². The first-order valence-electron chi connectivity index (χ1n) is 10.8. The summed E-state index contributed by atoms with van der Waals surface area (Å²) in [4.78, 5) is 21.9. The van der Waals surface area contributed by atoms with Gasteiger partial charge in [-0.1, -0.05) is 56.3 Å². The number of rotatable bonds is 8. The first kappa shape index (κ1) is 23.7. The van der Waals surface area contributed by atoms with E-state index in [1.54, 1.807) is 10.8 Å². The number of allylic oxidation sites excluding steroid dienone is 1. The highest BCUT2D eigenvalue weighted by atomic mass is 16.1. The Hall–Kier alpha value is -4.00. The molecule has 7 nitrogen and oxygen atoms in total. The van der Waals surface area contributed by atoms with Gasteiger partial charge in [0.05, 0.1) is 17.4 Å². The van der Waals surface area contributed by atoms with E-state index in [0.717, 1.165) is 22.6 Å². The summed E-state index contributed by atoms with van der Waals surface area (Å²) in [6.07, 6.45) is 6.00. The van der Waals surface area contributed by atoms with Crippen molar-refractivity contribution < 1.29 is 4.79 Å². The minimum Gasteiger partial charge on any atom is -0.403 e. The number of amides is 1. The summed E-state index contributed by atoms with van der Waals surface area (Å²) in [6, 6.07) is 13.5. The standard InChI is InChI=1S/C26H30N6O/c1-6-11-28-24(15-27)19(5)31-26(33)22-12-21(20-9-7-18(4)8-10-20)13-23(14-22)32-25(17(2)3)29-16-30-32/h6-17,19H,1,27H2,2-5H3,(H,31,33)/b24-15-,28-11-. The van der Waals surface area contributed by atoms with Crippen molar-refractivity contribution in [1.82, 2.24) is 20.1 Å². The van der Waals surface area contributed by atoms with Gasteiger partial charge in [0.25, 0.3) is 5.91 Å². The average molecular weight is 443 g/mol. The maximum atomic E-state index is 13.2. The number of hydrogen-bond donors (Lipinski definition) is 2. The highest BCUT2D eigenvalue weighted by molar-refractivity contribution is 5.96. The number of carbonyl (C=O) groups excluding carboxylic acids is 1. The number of benzene rings is 2. The second kappa shape index (κ2) is 10.5. The number of aryl methyl sites for hydroxylation is 1. The largest absolute Gasteiger partial charge is 0.403 e. The number of nitrogens with one attached hydrogen (secondary N) is 1. The molecule has 1 amide bonds. The van der Waals surface area contributed by atoms with Crippen molar-refractivity contribution in [2.24, 2.45) is 10.7 Å². The van der Waals surface area contributed by atoms with Crippen molar-refractivity contribution in [3.8, 4) is 16.8 Å². The zero-order chi connectivity index (χ0) is 24.0. The van der Waals surface area contributed by atoms with Crippen molar-refractivity contribution in [3.05, 3.63) is 90.3 Å². The molecule has 1 heterocycles. The lowest BCUT2D eigenvalue weighted by Gasteiger charge is -2.16. The lowest BCUT2D eigenvalue weighted by atomic mass is 10.00. The third kappa shape index (κ3) is 5.63. The summed E-state index contributed by atoms with van der Waals surface area (Å²) in [7, 11) is 0. The minimum atomic E-state index is -0.386. The van der Waals surface area contributed by atoms with E-state index in [0.29, 0.717) is 11.3 Å². The monoisotopic (exact) mass is 442 g/mol. The van der Waals surface area contributed by atoms with Gasteiger partial charge in [0.2, 0.25) is 0 Å². The fourth-order valence-corrected chi connectivity index (χ4v) is 3.41. The van der Waals surface area contributed by atoms with E-state index < -0.39 is 0 Å². The Labute approximate surface area is 194 Å². The normalized spacial score (nSPS) is 12.8. The van der Waals surface area contributed by atoms with Crippen molar-refractivity contribution in [3.63, 3.8) is 0 Å². The number of aromatic nitrogens is 3. The molecule has 0 saturated heterocycles. The lowest BCUT2D eigenvalue weighted by molar-refractivity contribution is 0.0945. The molecule has 0 aliphatic rings. The van der Waals surface area contributed by atoms with Crippen molar-refractivity contribution in [1.29, 1.82) is 0 Å². The van der Waals surface area contributed by atoms with Crippen LogP contribution in [0.4, 0.5) is 0 Å². The molecule has 0 fully saturated rings. The van der Waals surface area contributed by atoms with Gasteiger partial charge in [-0.05, 0) is 43.2 Å². The average Bonchev–Trinajstić information content (AvgIpc) is 3.30. The van der Waals surface area contributed by atoms with Gasteiger partial charge in [0, 0.05) is 23.9 Å². The van der Waals surface area contributed by atoms with Crippen LogP contribution in [0.1, 0.15) is 48.4 Å². The quantitative estimate of drug-likeness (QED) is 0.500. The number of carbonyl (C=O) groups is 1. The molecule has 0 bridgehead atoms. The van der Waals surface area contributed by atoms with Gasteiger partial charge in [0.1, 0.15) is 12.2 Å². The Balaban J connectivity index is 2.04. The number of hydrogen-bond acceptors (Lipinski definition) is 5. The molecule has 3 rings (SSSR count). The molecule has 1 aromatic heterocycles. The third-order valence-electron chi connectivity index (χ3n) is 5.19. The van der Waals surface area contributed by atoms with E-state index in [-0.39, 0.29) is 17.9 Å². The van der Waals surface area contributed by atoms with Gasteiger partial charge in [-0.2, -0.15) is 5.10 Å². The van der Waals surface area contributed by atoms with Crippen LogP contribution in [0.25, 0.3) is 16.8 Å². The van der Waals surface area contributed by atoms with Crippen LogP contribution in [-0.4, -0.2) is 32.9 Å². The summed E-state index contributed by atoms with van der Waals surface area (Å²) in [5, 5.41) is 7.39.